The van der Waals surface area contributed by atoms with Gasteiger partial charge in [0, 0.05) is 18.7 Å². The predicted octanol–water partition coefficient (Wildman–Crippen LogP) is 1.63. The van der Waals surface area contributed by atoms with E-state index in [9.17, 15) is 0 Å². The third-order valence-corrected chi connectivity index (χ3v) is 2.32. The van der Waals surface area contributed by atoms with Crippen LogP contribution in [-0.2, 0) is 0 Å². The molecule has 0 aromatic heterocycles. The molecule has 0 saturated heterocycles. The molecule has 0 spiro atoms. The lowest BCUT2D eigenvalue weighted by molar-refractivity contribution is 0.399. The average Bonchev–Trinajstić information content (AvgIpc) is 2.05. The predicted molar refractivity (Wildman–Crippen MR) is 44.1 cm³/mol. The van der Waals surface area contributed by atoms with Gasteiger partial charge in [-0.2, -0.15) is 5.10 Å². The Balaban J connectivity index is 2.38. The second kappa shape index (κ2) is 3.59. The van der Waals surface area contributed by atoms with E-state index in [1.165, 1.54) is 12.8 Å². The van der Waals surface area contributed by atoms with Crippen molar-refractivity contribution < 1.29 is 0 Å². The summed E-state index contributed by atoms with van der Waals surface area (Å²) in [5, 5.41) is 4.05. The molecule has 0 saturated carbocycles. The minimum absolute atomic E-state index is 0.714. The maximum absolute atomic E-state index is 4.05. The molecule has 10 heavy (non-hydrogen) atoms. The molecule has 1 heterocycles. The van der Waals surface area contributed by atoms with E-state index in [0.717, 1.165) is 12.5 Å². The molecule has 0 fully saturated rings. The van der Waals surface area contributed by atoms with Crippen molar-refractivity contribution in [3.8, 4) is 0 Å². The van der Waals surface area contributed by atoms with Crippen molar-refractivity contribution in [3.05, 3.63) is 0 Å². The fourth-order valence-electron chi connectivity index (χ4n) is 1.25. The highest BCUT2D eigenvalue weighted by molar-refractivity contribution is 5.61. The second-order valence-electron chi connectivity index (χ2n) is 3.02. The lowest BCUT2D eigenvalue weighted by atomic mass is 9.90. The molecule has 1 aliphatic heterocycles. The first-order chi connectivity index (χ1) is 4.84. The number of hydrogen-bond donors (Lipinski definition) is 1. The lowest BCUT2D eigenvalue weighted by Crippen LogP contribution is -2.24. The van der Waals surface area contributed by atoms with E-state index < -0.39 is 0 Å². The van der Waals surface area contributed by atoms with E-state index in [0.29, 0.717) is 5.92 Å². The summed E-state index contributed by atoms with van der Waals surface area (Å²) in [6.45, 7) is 5.58. The van der Waals surface area contributed by atoms with Gasteiger partial charge in [-0.3, -0.25) is 0 Å². The highest BCUT2D eigenvalue weighted by Crippen LogP contribution is 2.17. The van der Waals surface area contributed by atoms with Crippen molar-refractivity contribution in [1.82, 2.24) is 5.43 Å². The van der Waals surface area contributed by atoms with Crippen LogP contribution in [0.25, 0.3) is 0 Å². The highest BCUT2D eigenvalue weighted by Gasteiger charge is 2.14. The molecule has 0 aromatic carbocycles. The number of hydrazone groups is 1. The zero-order chi connectivity index (χ0) is 7.40. The molecule has 1 rings (SSSR count). The van der Waals surface area contributed by atoms with Crippen molar-refractivity contribution in [1.29, 1.82) is 0 Å². The van der Waals surface area contributed by atoms with E-state index in [1.807, 2.05) is 0 Å². The van der Waals surface area contributed by atoms with Crippen molar-refractivity contribution in [2.24, 2.45) is 16.9 Å². The summed E-state index contributed by atoms with van der Waals surface area (Å²) in [7, 11) is 0. The summed E-state index contributed by atoms with van der Waals surface area (Å²) >= 11 is 0. The van der Waals surface area contributed by atoms with Gasteiger partial charge in [0.25, 0.3) is 0 Å². The van der Waals surface area contributed by atoms with Crippen molar-refractivity contribution in [3.63, 3.8) is 0 Å². The fourth-order valence-corrected chi connectivity index (χ4v) is 1.25. The number of hydrogen-bond acceptors (Lipinski definition) is 2. The number of rotatable bonds is 2. The van der Waals surface area contributed by atoms with Crippen LogP contribution < -0.4 is 5.43 Å². The van der Waals surface area contributed by atoms with E-state index >= 15 is 0 Å². The van der Waals surface area contributed by atoms with Gasteiger partial charge in [-0.05, 0) is 12.3 Å². The smallest absolute Gasteiger partial charge is 0.0335 e. The molecule has 0 bridgehead atoms. The van der Waals surface area contributed by atoms with Crippen LogP contribution in [0.3, 0.4) is 0 Å². The van der Waals surface area contributed by atoms with Crippen molar-refractivity contribution in [2.75, 3.05) is 6.54 Å². The SMILES string of the molecule is CCC(C)C1C=NNCC1. The van der Waals surface area contributed by atoms with Gasteiger partial charge in [-0.1, -0.05) is 20.3 Å². The Morgan fingerprint density at radius 2 is 2.60 bits per heavy atom. The van der Waals surface area contributed by atoms with Gasteiger partial charge in [0.15, 0.2) is 0 Å². The minimum Gasteiger partial charge on any atom is -0.310 e. The van der Waals surface area contributed by atoms with E-state index in [4.69, 9.17) is 0 Å². The Morgan fingerprint density at radius 3 is 3.10 bits per heavy atom. The molecule has 2 heteroatoms. The first-order valence-electron chi connectivity index (χ1n) is 4.10. The maximum atomic E-state index is 4.05. The van der Waals surface area contributed by atoms with E-state index in [1.54, 1.807) is 0 Å². The summed E-state index contributed by atoms with van der Waals surface area (Å²) in [5.74, 6) is 1.51. The third-order valence-electron chi connectivity index (χ3n) is 2.32. The first kappa shape index (κ1) is 7.58. The molecule has 0 aliphatic carbocycles. The zero-order valence-corrected chi connectivity index (χ0v) is 6.80. The number of nitrogens with one attached hydrogen (secondary N) is 1. The Hall–Kier alpha value is -0.530. The monoisotopic (exact) mass is 140 g/mol. The zero-order valence-electron chi connectivity index (χ0n) is 6.80. The molecular formula is C8H16N2. The summed E-state index contributed by atoms with van der Waals surface area (Å²) < 4.78 is 0. The Kier molecular flexibility index (Phi) is 2.72. The molecule has 1 N–H and O–H groups in total. The highest BCUT2D eigenvalue weighted by atomic mass is 15.3. The summed E-state index contributed by atoms with van der Waals surface area (Å²) in [5.41, 5.74) is 2.96. The number of nitrogens with zero attached hydrogens (tertiary/aromatic N) is 1. The van der Waals surface area contributed by atoms with Gasteiger partial charge in [0.2, 0.25) is 0 Å². The molecule has 2 atom stereocenters. The van der Waals surface area contributed by atoms with Gasteiger partial charge < -0.3 is 5.43 Å². The van der Waals surface area contributed by atoms with Crippen LogP contribution in [0.2, 0.25) is 0 Å². The molecule has 2 nitrogen and oxygen atoms in total. The van der Waals surface area contributed by atoms with Gasteiger partial charge in [0.1, 0.15) is 0 Å². The van der Waals surface area contributed by atoms with Crippen molar-refractivity contribution >= 4 is 6.21 Å². The molecule has 2 unspecified atom stereocenters. The standard InChI is InChI=1S/C8H16N2/c1-3-7(2)8-4-5-9-10-6-8/h6-9H,3-5H2,1-2H3. The molecule has 0 aromatic rings. The summed E-state index contributed by atoms with van der Waals surface area (Å²) in [4.78, 5) is 0. The normalized spacial score (nSPS) is 27.6. The largest absolute Gasteiger partial charge is 0.310 e. The van der Waals surface area contributed by atoms with Gasteiger partial charge in [-0.25, -0.2) is 0 Å². The van der Waals surface area contributed by atoms with Crippen LogP contribution in [0.15, 0.2) is 5.10 Å². The molecule has 1 aliphatic rings. The summed E-state index contributed by atoms with van der Waals surface area (Å²) in [6.07, 6.45) is 4.56. The third kappa shape index (κ3) is 1.72. The Morgan fingerprint density at radius 1 is 1.80 bits per heavy atom. The van der Waals surface area contributed by atoms with Crippen LogP contribution in [0.1, 0.15) is 26.7 Å². The minimum atomic E-state index is 0.714. The fraction of sp³-hybridized carbons (Fsp3) is 0.875. The molecule has 0 radical (unpaired) electrons. The van der Waals surface area contributed by atoms with Gasteiger partial charge in [0.05, 0.1) is 0 Å². The maximum Gasteiger partial charge on any atom is 0.0335 e. The van der Waals surface area contributed by atoms with Crippen molar-refractivity contribution in [2.45, 2.75) is 26.7 Å². The topological polar surface area (TPSA) is 24.4 Å². The quantitative estimate of drug-likeness (QED) is 0.619. The lowest BCUT2D eigenvalue weighted by Gasteiger charge is -2.21. The van der Waals surface area contributed by atoms with Crippen LogP contribution in [0, 0.1) is 11.8 Å². The summed E-state index contributed by atoms with van der Waals surface area (Å²) in [6, 6.07) is 0. The van der Waals surface area contributed by atoms with Crippen LogP contribution in [0.4, 0.5) is 0 Å². The van der Waals surface area contributed by atoms with Crippen LogP contribution >= 0.6 is 0 Å². The second-order valence-corrected chi connectivity index (χ2v) is 3.02. The Labute approximate surface area is 62.7 Å². The van der Waals surface area contributed by atoms with Crippen LogP contribution in [0.5, 0.6) is 0 Å². The molecule has 0 amide bonds. The Bertz CT molecular complexity index is 120. The van der Waals surface area contributed by atoms with E-state index in [2.05, 4.69) is 30.6 Å². The van der Waals surface area contributed by atoms with Crippen LogP contribution in [-0.4, -0.2) is 12.8 Å². The van der Waals surface area contributed by atoms with E-state index in [-0.39, 0.29) is 0 Å². The first-order valence-corrected chi connectivity index (χ1v) is 4.10. The van der Waals surface area contributed by atoms with Gasteiger partial charge >= 0.3 is 0 Å². The molecular weight excluding hydrogens is 124 g/mol. The molecule has 58 valence electrons. The average molecular weight is 140 g/mol. The van der Waals surface area contributed by atoms with Gasteiger partial charge in [-0.15, -0.1) is 0 Å².